The zero-order chi connectivity index (χ0) is 16.8. The number of hydrogen-bond acceptors (Lipinski definition) is 4. The summed E-state index contributed by atoms with van der Waals surface area (Å²) in [6, 6.07) is 7.33. The van der Waals surface area contributed by atoms with Gasteiger partial charge in [0, 0.05) is 23.2 Å². The van der Waals surface area contributed by atoms with Crippen LogP contribution in [0.15, 0.2) is 29.2 Å². The van der Waals surface area contributed by atoms with Crippen molar-refractivity contribution in [3.05, 3.63) is 29.8 Å². The minimum atomic E-state index is -0.866. The maximum atomic E-state index is 12.9. The fraction of sp³-hybridized carbons (Fsp3) is 0.529. The molecule has 23 heavy (non-hydrogen) atoms. The number of carboxylic acid groups (broad SMARTS) is 1. The third-order valence-electron chi connectivity index (χ3n) is 4.02. The molecule has 0 bridgehead atoms. The Morgan fingerprint density at radius 3 is 2.74 bits per heavy atom. The summed E-state index contributed by atoms with van der Waals surface area (Å²) in [6.07, 6.45) is 5.43. The standard InChI is InChI=1S/C17H23NO3S2/c1-12(17(20)21)23-15-9-4-3-8-14(15)16(19)18-10-6-5-7-13(11-18)22-2/h3-4,8-9,12-13H,5-7,10-11H2,1-2H3,(H,20,21). The Labute approximate surface area is 146 Å². The van der Waals surface area contributed by atoms with Crippen LogP contribution in [0.3, 0.4) is 0 Å². The van der Waals surface area contributed by atoms with Gasteiger partial charge in [0.1, 0.15) is 5.25 Å². The molecule has 2 atom stereocenters. The van der Waals surface area contributed by atoms with Gasteiger partial charge in [0.25, 0.3) is 5.91 Å². The number of carbonyl (C=O) groups is 2. The van der Waals surface area contributed by atoms with Gasteiger partial charge in [0.05, 0.1) is 5.56 Å². The van der Waals surface area contributed by atoms with Crippen molar-refractivity contribution in [3.63, 3.8) is 0 Å². The number of hydrogen-bond donors (Lipinski definition) is 1. The van der Waals surface area contributed by atoms with E-state index >= 15 is 0 Å². The highest BCUT2D eigenvalue weighted by Gasteiger charge is 2.25. The van der Waals surface area contributed by atoms with Gasteiger partial charge < -0.3 is 10.0 Å². The second kappa shape index (κ2) is 8.64. The van der Waals surface area contributed by atoms with Crippen molar-refractivity contribution in [2.45, 2.75) is 41.6 Å². The van der Waals surface area contributed by atoms with E-state index in [2.05, 4.69) is 6.26 Å². The van der Waals surface area contributed by atoms with Gasteiger partial charge >= 0.3 is 5.97 Å². The minimum absolute atomic E-state index is 0.0200. The van der Waals surface area contributed by atoms with Crippen LogP contribution in [-0.4, -0.2) is 51.7 Å². The molecule has 1 amide bonds. The number of amides is 1. The summed E-state index contributed by atoms with van der Waals surface area (Å²) >= 11 is 3.05. The first-order valence-corrected chi connectivity index (χ1v) is 10.00. The normalized spacial score (nSPS) is 19.9. The monoisotopic (exact) mass is 353 g/mol. The van der Waals surface area contributed by atoms with Crippen molar-refractivity contribution in [1.82, 2.24) is 4.90 Å². The Balaban J connectivity index is 2.19. The summed E-state index contributed by atoms with van der Waals surface area (Å²) < 4.78 is 0. The molecule has 1 heterocycles. The van der Waals surface area contributed by atoms with E-state index < -0.39 is 11.2 Å². The van der Waals surface area contributed by atoms with Crippen molar-refractivity contribution in [2.24, 2.45) is 0 Å². The minimum Gasteiger partial charge on any atom is -0.480 e. The lowest BCUT2D eigenvalue weighted by molar-refractivity contribution is -0.136. The summed E-state index contributed by atoms with van der Waals surface area (Å²) in [4.78, 5) is 26.7. The number of benzene rings is 1. The summed E-state index contributed by atoms with van der Waals surface area (Å²) in [6.45, 7) is 3.20. The maximum absolute atomic E-state index is 12.9. The first kappa shape index (κ1) is 18.2. The van der Waals surface area contributed by atoms with Crippen LogP contribution in [0.25, 0.3) is 0 Å². The average Bonchev–Trinajstić information content (AvgIpc) is 2.80. The number of thioether (sulfide) groups is 2. The van der Waals surface area contributed by atoms with Gasteiger partial charge in [-0.05, 0) is 38.2 Å². The zero-order valence-electron chi connectivity index (χ0n) is 13.5. The molecule has 1 aliphatic heterocycles. The highest BCUT2D eigenvalue weighted by atomic mass is 32.2. The zero-order valence-corrected chi connectivity index (χ0v) is 15.2. The predicted octanol–water partition coefficient (Wildman–Crippen LogP) is 3.61. The molecule has 1 aromatic rings. The van der Waals surface area contributed by atoms with E-state index in [-0.39, 0.29) is 5.91 Å². The van der Waals surface area contributed by atoms with Gasteiger partial charge in [0.2, 0.25) is 0 Å². The molecule has 2 rings (SSSR count). The van der Waals surface area contributed by atoms with E-state index in [4.69, 9.17) is 5.11 Å². The van der Waals surface area contributed by atoms with Crippen molar-refractivity contribution >= 4 is 35.4 Å². The molecule has 1 fully saturated rings. The van der Waals surface area contributed by atoms with Crippen LogP contribution in [0, 0.1) is 0 Å². The van der Waals surface area contributed by atoms with Crippen LogP contribution in [0.1, 0.15) is 36.5 Å². The van der Waals surface area contributed by atoms with Crippen molar-refractivity contribution in [1.29, 1.82) is 0 Å². The third-order valence-corrected chi connectivity index (χ3v) is 6.23. The molecule has 1 aliphatic rings. The highest BCUT2D eigenvalue weighted by Crippen LogP contribution is 2.29. The Morgan fingerprint density at radius 2 is 2.04 bits per heavy atom. The maximum Gasteiger partial charge on any atom is 0.316 e. The molecule has 1 N–H and O–H groups in total. The van der Waals surface area contributed by atoms with Crippen LogP contribution in [0.4, 0.5) is 0 Å². The summed E-state index contributed by atoms with van der Waals surface area (Å²) in [7, 11) is 0. The number of aliphatic carboxylic acids is 1. The first-order chi connectivity index (χ1) is 11.0. The number of rotatable bonds is 5. The molecule has 2 unspecified atom stereocenters. The quantitative estimate of drug-likeness (QED) is 0.820. The fourth-order valence-electron chi connectivity index (χ4n) is 2.64. The third kappa shape index (κ3) is 4.91. The molecule has 1 aromatic carbocycles. The molecule has 0 aliphatic carbocycles. The fourth-order valence-corrected chi connectivity index (χ4v) is 4.29. The number of nitrogens with zero attached hydrogens (tertiary/aromatic N) is 1. The molecule has 0 radical (unpaired) electrons. The van der Waals surface area contributed by atoms with Gasteiger partial charge in [-0.15, -0.1) is 11.8 Å². The molecule has 1 saturated heterocycles. The van der Waals surface area contributed by atoms with Gasteiger partial charge in [0.15, 0.2) is 0 Å². The van der Waals surface area contributed by atoms with Gasteiger partial charge in [-0.1, -0.05) is 18.6 Å². The van der Waals surface area contributed by atoms with Crippen LogP contribution < -0.4 is 0 Å². The van der Waals surface area contributed by atoms with E-state index in [9.17, 15) is 9.59 Å². The van der Waals surface area contributed by atoms with E-state index in [1.165, 1.54) is 11.8 Å². The summed E-state index contributed by atoms with van der Waals surface area (Å²) in [5, 5.41) is 9.01. The molecule has 4 nitrogen and oxygen atoms in total. The number of likely N-dealkylation sites (tertiary alicyclic amines) is 1. The second-order valence-corrected chi connectivity index (χ2v) is 8.22. The molecular formula is C17H23NO3S2. The Kier molecular flexibility index (Phi) is 6.84. The molecule has 0 aromatic heterocycles. The first-order valence-electron chi connectivity index (χ1n) is 7.83. The van der Waals surface area contributed by atoms with Crippen molar-refractivity contribution in [3.8, 4) is 0 Å². The van der Waals surface area contributed by atoms with E-state index in [1.807, 2.05) is 34.9 Å². The van der Waals surface area contributed by atoms with Crippen LogP contribution in [0.5, 0.6) is 0 Å². The van der Waals surface area contributed by atoms with E-state index in [0.717, 1.165) is 37.2 Å². The lowest BCUT2D eigenvalue weighted by Crippen LogP contribution is -2.35. The van der Waals surface area contributed by atoms with Gasteiger partial charge in [-0.2, -0.15) is 11.8 Å². The van der Waals surface area contributed by atoms with Gasteiger partial charge in [-0.25, -0.2) is 0 Å². The highest BCUT2D eigenvalue weighted by molar-refractivity contribution is 8.00. The smallest absolute Gasteiger partial charge is 0.316 e. The second-order valence-electron chi connectivity index (χ2n) is 5.70. The number of carbonyl (C=O) groups excluding carboxylic acids is 1. The molecule has 0 spiro atoms. The lowest BCUT2D eigenvalue weighted by Gasteiger charge is -2.25. The van der Waals surface area contributed by atoms with Crippen LogP contribution >= 0.6 is 23.5 Å². The molecular weight excluding hydrogens is 330 g/mol. The summed E-state index contributed by atoms with van der Waals surface area (Å²) in [5.74, 6) is -0.846. The topological polar surface area (TPSA) is 57.6 Å². The van der Waals surface area contributed by atoms with Crippen LogP contribution in [0.2, 0.25) is 0 Å². The Morgan fingerprint density at radius 1 is 1.30 bits per heavy atom. The molecule has 126 valence electrons. The predicted molar refractivity (Wildman–Crippen MR) is 96.5 cm³/mol. The van der Waals surface area contributed by atoms with Crippen molar-refractivity contribution < 1.29 is 14.7 Å². The summed E-state index contributed by atoms with van der Waals surface area (Å²) in [5.41, 5.74) is 0.618. The molecule has 0 saturated carbocycles. The SMILES string of the molecule is CSC1CCCCN(C(=O)c2ccccc2SC(C)C(=O)O)C1. The Hall–Kier alpha value is -1.14. The van der Waals surface area contributed by atoms with E-state index in [1.54, 1.807) is 13.0 Å². The average molecular weight is 354 g/mol. The Bertz CT molecular complexity index is 565. The van der Waals surface area contributed by atoms with Gasteiger partial charge in [-0.3, -0.25) is 9.59 Å². The largest absolute Gasteiger partial charge is 0.480 e. The number of carboxylic acids is 1. The van der Waals surface area contributed by atoms with Crippen molar-refractivity contribution in [2.75, 3.05) is 19.3 Å². The molecule has 6 heteroatoms. The van der Waals surface area contributed by atoms with Crippen LogP contribution in [-0.2, 0) is 4.79 Å². The lowest BCUT2D eigenvalue weighted by atomic mass is 10.2. The van der Waals surface area contributed by atoms with E-state index in [0.29, 0.717) is 10.8 Å².